The Kier molecular flexibility index (Phi) is 7.40. The number of aliphatic hydroxyl groups is 2. The Bertz CT molecular complexity index is 596. The molecule has 0 aliphatic rings. The first-order chi connectivity index (χ1) is 10.1. The number of aliphatic hydroxyl groups excluding tert-OH is 2. The van der Waals surface area contributed by atoms with Crippen LogP contribution in [0.4, 0.5) is 0 Å². The molecule has 0 heterocycles. The van der Waals surface area contributed by atoms with Crippen LogP contribution in [0, 0.1) is 11.8 Å². The van der Waals surface area contributed by atoms with Gasteiger partial charge in [0, 0.05) is 25.1 Å². The monoisotopic (exact) mass is 311 g/mol. The molecule has 0 spiro atoms. The normalized spacial score (nSPS) is 11.2. The first-order valence-electron chi connectivity index (χ1n) is 6.87. The zero-order chi connectivity index (χ0) is 15.7. The summed E-state index contributed by atoms with van der Waals surface area (Å²) in [7, 11) is -3.62. The number of rotatable bonds is 7. The van der Waals surface area contributed by atoms with Crippen LogP contribution in [0.3, 0.4) is 0 Å². The fourth-order valence-corrected chi connectivity index (χ4v) is 3.39. The molecule has 21 heavy (non-hydrogen) atoms. The second-order valence-electron chi connectivity index (χ2n) is 4.43. The van der Waals surface area contributed by atoms with Gasteiger partial charge in [0.05, 0.1) is 18.1 Å². The Morgan fingerprint density at radius 1 is 1.19 bits per heavy atom. The number of benzene rings is 1. The smallest absolute Gasteiger partial charge is 0.243 e. The van der Waals surface area contributed by atoms with Crippen molar-refractivity contribution in [1.29, 1.82) is 0 Å². The fourth-order valence-electron chi connectivity index (χ4n) is 1.82. The molecule has 0 unspecified atom stereocenters. The molecule has 1 aromatic carbocycles. The first kappa shape index (κ1) is 17.7. The molecule has 0 radical (unpaired) electrons. The maximum Gasteiger partial charge on any atom is 0.243 e. The molecule has 1 rings (SSSR count). The average Bonchev–Trinajstić information content (AvgIpc) is 2.47. The maximum atomic E-state index is 12.5. The van der Waals surface area contributed by atoms with Crippen molar-refractivity contribution in [1.82, 2.24) is 4.31 Å². The van der Waals surface area contributed by atoms with Gasteiger partial charge in [-0.25, -0.2) is 8.42 Å². The van der Waals surface area contributed by atoms with Gasteiger partial charge in [0.15, 0.2) is 0 Å². The first-order valence-corrected chi connectivity index (χ1v) is 8.31. The van der Waals surface area contributed by atoms with Gasteiger partial charge in [0.1, 0.15) is 0 Å². The van der Waals surface area contributed by atoms with Crippen molar-refractivity contribution in [2.45, 2.75) is 24.7 Å². The SMILES string of the molecule is CCCN(CCO)S(=O)(=O)c1cccc(C#CCCO)c1. The van der Waals surface area contributed by atoms with Crippen molar-refractivity contribution >= 4 is 10.0 Å². The Morgan fingerprint density at radius 3 is 2.57 bits per heavy atom. The predicted molar refractivity (Wildman–Crippen MR) is 81.2 cm³/mol. The molecular weight excluding hydrogens is 290 g/mol. The summed E-state index contributed by atoms with van der Waals surface area (Å²) < 4.78 is 26.3. The molecule has 116 valence electrons. The minimum atomic E-state index is -3.62. The molecule has 0 fully saturated rings. The average molecular weight is 311 g/mol. The fraction of sp³-hybridized carbons (Fsp3) is 0.467. The Morgan fingerprint density at radius 2 is 1.95 bits per heavy atom. The summed E-state index contributed by atoms with van der Waals surface area (Å²) in [5.74, 6) is 5.58. The maximum absolute atomic E-state index is 12.5. The molecular formula is C15H21NO4S. The van der Waals surface area contributed by atoms with Crippen LogP contribution in [0.2, 0.25) is 0 Å². The van der Waals surface area contributed by atoms with Crippen molar-refractivity contribution < 1.29 is 18.6 Å². The van der Waals surface area contributed by atoms with Gasteiger partial charge >= 0.3 is 0 Å². The second-order valence-corrected chi connectivity index (χ2v) is 6.37. The van der Waals surface area contributed by atoms with Crippen LogP contribution in [0.5, 0.6) is 0 Å². The highest BCUT2D eigenvalue weighted by Gasteiger charge is 2.23. The highest BCUT2D eigenvalue weighted by molar-refractivity contribution is 7.89. The van der Waals surface area contributed by atoms with Gasteiger partial charge in [-0.3, -0.25) is 0 Å². The van der Waals surface area contributed by atoms with E-state index in [1.54, 1.807) is 12.1 Å². The molecule has 0 aromatic heterocycles. The van der Waals surface area contributed by atoms with Gasteiger partial charge < -0.3 is 10.2 Å². The van der Waals surface area contributed by atoms with Gasteiger partial charge in [-0.05, 0) is 24.6 Å². The topological polar surface area (TPSA) is 77.8 Å². The van der Waals surface area contributed by atoms with E-state index >= 15 is 0 Å². The lowest BCUT2D eigenvalue weighted by Crippen LogP contribution is -2.34. The minimum Gasteiger partial charge on any atom is -0.395 e. The Balaban J connectivity index is 3.08. The van der Waals surface area contributed by atoms with E-state index < -0.39 is 10.0 Å². The largest absolute Gasteiger partial charge is 0.395 e. The third kappa shape index (κ3) is 5.14. The quantitative estimate of drug-likeness (QED) is 0.731. The van der Waals surface area contributed by atoms with Crippen molar-refractivity contribution in [2.75, 3.05) is 26.3 Å². The minimum absolute atomic E-state index is 0.0221. The zero-order valence-electron chi connectivity index (χ0n) is 12.1. The summed E-state index contributed by atoms with van der Waals surface area (Å²) in [4.78, 5) is 0.167. The van der Waals surface area contributed by atoms with Crippen LogP contribution in [0.1, 0.15) is 25.3 Å². The van der Waals surface area contributed by atoms with E-state index in [1.165, 1.54) is 16.4 Å². The third-order valence-corrected chi connectivity index (χ3v) is 4.66. The van der Waals surface area contributed by atoms with Crippen LogP contribution in [-0.4, -0.2) is 49.2 Å². The van der Waals surface area contributed by atoms with Crippen molar-refractivity contribution in [2.24, 2.45) is 0 Å². The van der Waals surface area contributed by atoms with Crippen molar-refractivity contribution in [3.05, 3.63) is 29.8 Å². The summed E-state index contributed by atoms with van der Waals surface area (Å²) in [6.07, 6.45) is 1.03. The van der Waals surface area contributed by atoms with Crippen LogP contribution in [-0.2, 0) is 10.0 Å². The van der Waals surface area contributed by atoms with Crippen LogP contribution >= 0.6 is 0 Å². The van der Waals surface area contributed by atoms with E-state index in [1.807, 2.05) is 6.92 Å². The summed E-state index contributed by atoms with van der Waals surface area (Å²) in [5.41, 5.74) is 0.588. The number of nitrogens with zero attached hydrogens (tertiary/aromatic N) is 1. The second kappa shape index (κ2) is 8.80. The summed E-state index contributed by atoms with van der Waals surface area (Å²) in [5, 5.41) is 17.7. The molecule has 0 aliphatic heterocycles. The van der Waals surface area contributed by atoms with Crippen LogP contribution in [0.25, 0.3) is 0 Å². The van der Waals surface area contributed by atoms with Crippen molar-refractivity contribution in [3.8, 4) is 11.8 Å². The molecule has 6 heteroatoms. The predicted octanol–water partition coefficient (Wildman–Crippen LogP) is 0.814. The van der Waals surface area contributed by atoms with Crippen molar-refractivity contribution in [3.63, 3.8) is 0 Å². The molecule has 5 nitrogen and oxygen atoms in total. The standard InChI is InChI=1S/C15H21NO4S/c1-2-9-16(10-12-18)21(19,20)15-8-5-7-14(13-15)6-3-4-11-17/h5,7-8,13,17-18H,2,4,9-12H2,1H3. The molecule has 0 saturated carbocycles. The van der Waals surface area contributed by atoms with E-state index in [0.717, 1.165) is 0 Å². The summed E-state index contributed by atoms with van der Waals surface area (Å²) >= 11 is 0. The van der Waals surface area contributed by atoms with Crippen LogP contribution < -0.4 is 0 Å². The third-order valence-electron chi connectivity index (χ3n) is 2.76. The van der Waals surface area contributed by atoms with Gasteiger partial charge in [-0.15, -0.1) is 0 Å². The molecule has 0 bridgehead atoms. The molecule has 0 aliphatic carbocycles. The highest BCUT2D eigenvalue weighted by Crippen LogP contribution is 2.17. The molecule has 2 N–H and O–H groups in total. The molecule has 0 amide bonds. The van der Waals surface area contributed by atoms with Gasteiger partial charge in [0.2, 0.25) is 10.0 Å². The highest BCUT2D eigenvalue weighted by atomic mass is 32.2. The lowest BCUT2D eigenvalue weighted by atomic mass is 10.2. The van der Waals surface area contributed by atoms with E-state index in [-0.39, 0.29) is 24.7 Å². The number of sulfonamides is 1. The van der Waals surface area contributed by atoms with Crippen LogP contribution in [0.15, 0.2) is 29.2 Å². The molecule has 1 aromatic rings. The van der Waals surface area contributed by atoms with E-state index in [9.17, 15) is 8.42 Å². The van der Waals surface area contributed by atoms with E-state index in [2.05, 4.69) is 11.8 Å². The van der Waals surface area contributed by atoms with E-state index in [4.69, 9.17) is 10.2 Å². The lowest BCUT2D eigenvalue weighted by molar-refractivity contribution is 0.253. The van der Waals surface area contributed by atoms with Gasteiger partial charge in [-0.1, -0.05) is 24.8 Å². The van der Waals surface area contributed by atoms with E-state index in [0.29, 0.717) is 24.9 Å². The summed E-state index contributed by atoms with van der Waals surface area (Å²) in [6.45, 7) is 2.09. The number of hydrogen-bond donors (Lipinski definition) is 2. The molecule has 0 saturated heterocycles. The lowest BCUT2D eigenvalue weighted by Gasteiger charge is -2.20. The molecule has 0 atom stereocenters. The van der Waals surface area contributed by atoms with Gasteiger partial charge in [-0.2, -0.15) is 4.31 Å². The zero-order valence-corrected chi connectivity index (χ0v) is 12.9. The summed E-state index contributed by atoms with van der Waals surface area (Å²) in [6, 6.07) is 6.39. The Hall–Kier alpha value is -1.39. The number of hydrogen-bond acceptors (Lipinski definition) is 4. The Labute approximate surface area is 126 Å². The van der Waals surface area contributed by atoms with Gasteiger partial charge in [0.25, 0.3) is 0 Å².